The van der Waals surface area contributed by atoms with Crippen LogP contribution in [0.5, 0.6) is 5.75 Å². The van der Waals surface area contributed by atoms with Crippen molar-refractivity contribution in [2.75, 3.05) is 33.2 Å². The highest BCUT2D eigenvalue weighted by molar-refractivity contribution is 7.86. The molecule has 0 aromatic heterocycles. The highest BCUT2D eigenvalue weighted by Crippen LogP contribution is 2.39. The Morgan fingerprint density at radius 3 is 2.54 bits per heavy atom. The van der Waals surface area contributed by atoms with E-state index >= 15 is 0 Å². The van der Waals surface area contributed by atoms with E-state index in [1.165, 1.54) is 9.87 Å². The average molecular weight is 410 g/mol. The molecular weight excluding hydrogens is 374 g/mol. The number of rotatable bonds is 7. The normalized spacial score (nSPS) is 25.7. The predicted octanol–water partition coefficient (Wildman–Crippen LogP) is 2.48. The Labute approximate surface area is 170 Å². The van der Waals surface area contributed by atoms with Gasteiger partial charge in [0.25, 0.3) is 10.2 Å². The first-order valence-electron chi connectivity index (χ1n) is 10.6. The predicted molar refractivity (Wildman–Crippen MR) is 113 cm³/mol. The minimum Gasteiger partial charge on any atom is -0.508 e. The lowest BCUT2D eigenvalue weighted by Gasteiger charge is -2.49. The summed E-state index contributed by atoms with van der Waals surface area (Å²) in [6.45, 7) is 8.68. The third kappa shape index (κ3) is 3.95. The van der Waals surface area contributed by atoms with Gasteiger partial charge in [-0.2, -0.15) is 17.0 Å². The first-order valence-corrected chi connectivity index (χ1v) is 12.0. The molecule has 6 nitrogen and oxygen atoms in total. The first-order chi connectivity index (χ1) is 13.3. The van der Waals surface area contributed by atoms with Gasteiger partial charge in [0.1, 0.15) is 5.75 Å². The summed E-state index contributed by atoms with van der Waals surface area (Å²) in [4.78, 5) is 2.49. The highest BCUT2D eigenvalue weighted by Gasteiger charge is 2.43. The van der Waals surface area contributed by atoms with Gasteiger partial charge in [-0.15, -0.1) is 0 Å². The number of phenols is 1. The molecule has 0 radical (unpaired) electrons. The van der Waals surface area contributed by atoms with E-state index < -0.39 is 10.2 Å². The van der Waals surface area contributed by atoms with E-state index in [1.807, 2.05) is 19.9 Å². The van der Waals surface area contributed by atoms with Gasteiger partial charge in [-0.3, -0.25) is 4.90 Å². The zero-order chi connectivity index (χ0) is 20.5. The van der Waals surface area contributed by atoms with E-state index in [4.69, 9.17) is 0 Å². The summed E-state index contributed by atoms with van der Waals surface area (Å²) in [5, 5.41) is 10.3. The Bertz CT molecular complexity index is 779. The summed E-state index contributed by atoms with van der Waals surface area (Å²) < 4.78 is 29.3. The molecule has 28 heavy (non-hydrogen) atoms. The second-order valence-electron chi connectivity index (χ2n) is 8.14. The minimum absolute atomic E-state index is 0.0363. The third-order valence-electron chi connectivity index (χ3n) is 6.60. The van der Waals surface area contributed by atoms with E-state index in [1.54, 1.807) is 17.4 Å². The molecule has 1 aliphatic heterocycles. The number of phenolic OH excluding ortho intramolecular Hbond substituents is 1. The summed E-state index contributed by atoms with van der Waals surface area (Å²) in [5.74, 6) is 0.740. The van der Waals surface area contributed by atoms with Gasteiger partial charge in [0.05, 0.1) is 0 Å². The summed E-state index contributed by atoms with van der Waals surface area (Å²) in [6, 6.07) is 6.20. The fourth-order valence-corrected chi connectivity index (χ4v) is 6.61. The van der Waals surface area contributed by atoms with Gasteiger partial charge in [0, 0.05) is 38.8 Å². The lowest BCUT2D eigenvalue weighted by molar-refractivity contribution is 0.0443. The second kappa shape index (κ2) is 8.69. The van der Waals surface area contributed by atoms with Crippen LogP contribution >= 0.6 is 0 Å². The van der Waals surface area contributed by atoms with Crippen LogP contribution in [0, 0.1) is 5.92 Å². The number of fused-ring (bicyclic) bond motifs is 2. The molecule has 0 saturated carbocycles. The van der Waals surface area contributed by atoms with Crippen LogP contribution in [0.3, 0.4) is 0 Å². The number of piperidine rings is 1. The van der Waals surface area contributed by atoms with Crippen LogP contribution in [0.1, 0.15) is 44.7 Å². The number of hydrogen-bond donors (Lipinski definition) is 1. The van der Waals surface area contributed by atoms with Crippen molar-refractivity contribution in [2.24, 2.45) is 5.92 Å². The minimum atomic E-state index is -3.46. The van der Waals surface area contributed by atoms with Crippen molar-refractivity contribution in [3.63, 3.8) is 0 Å². The van der Waals surface area contributed by atoms with Gasteiger partial charge in [-0.05, 0) is 55.3 Å². The number of aromatic hydroxyl groups is 1. The number of nitrogens with zero attached hydrogens (tertiary/aromatic N) is 3. The van der Waals surface area contributed by atoms with Gasteiger partial charge in [0.15, 0.2) is 0 Å². The van der Waals surface area contributed by atoms with Crippen molar-refractivity contribution in [3.05, 3.63) is 29.3 Å². The van der Waals surface area contributed by atoms with E-state index in [0.717, 1.165) is 44.3 Å². The Balaban J connectivity index is 1.87. The molecule has 3 rings (SSSR count). The van der Waals surface area contributed by atoms with Gasteiger partial charge in [-0.25, -0.2) is 0 Å². The summed E-state index contributed by atoms with van der Waals surface area (Å²) in [5.41, 5.74) is 2.29. The number of likely N-dealkylation sites (tertiary alicyclic amines) is 1. The molecule has 158 valence electrons. The summed E-state index contributed by atoms with van der Waals surface area (Å²) in [6.07, 6.45) is 3.65. The van der Waals surface area contributed by atoms with Crippen LogP contribution in [-0.4, -0.2) is 72.3 Å². The van der Waals surface area contributed by atoms with Gasteiger partial charge >= 0.3 is 0 Å². The first kappa shape index (κ1) is 21.6. The Morgan fingerprint density at radius 2 is 1.89 bits per heavy atom. The summed E-state index contributed by atoms with van der Waals surface area (Å²) in [7, 11) is -1.72. The number of benzene rings is 1. The topological polar surface area (TPSA) is 64.1 Å². The molecule has 3 atom stereocenters. The van der Waals surface area contributed by atoms with Crippen LogP contribution in [0.25, 0.3) is 0 Å². The molecule has 1 fully saturated rings. The SMILES string of the molecule is CCCN1CC(N(C)S(=O)(=O)N(CC)CC)CC2Cc3c(O)cccc3CC21. The van der Waals surface area contributed by atoms with Crippen molar-refractivity contribution in [1.29, 1.82) is 0 Å². The van der Waals surface area contributed by atoms with E-state index in [2.05, 4.69) is 17.9 Å². The van der Waals surface area contributed by atoms with Crippen LogP contribution in [0.2, 0.25) is 0 Å². The fourth-order valence-electron chi connectivity index (χ4n) is 5.06. The summed E-state index contributed by atoms with van der Waals surface area (Å²) >= 11 is 0. The zero-order valence-corrected chi connectivity index (χ0v) is 18.5. The number of likely N-dealkylation sites (N-methyl/N-ethyl adjacent to an activating group) is 1. The maximum Gasteiger partial charge on any atom is 0.281 e. The molecule has 0 spiro atoms. The lowest BCUT2D eigenvalue weighted by atomic mass is 9.74. The maximum atomic E-state index is 13.1. The van der Waals surface area contributed by atoms with Crippen molar-refractivity contribution in [1.82, 2.24) is 13.5 Å². The molecule has 1 aliphatic carbocycles. The van der Waals surface area contributed by atoms with Crippen LogP contribution < -0.4 is 0 Å². The van der Waals surface area contributed by atoms with Crippen molar-refractivity contribution >= 4 is 10.2 Å². The standard InChI is InChI=1S/C21H35N3O3S/c1-5-11-23-15-18(22(4)28(26,27)24(6-2)7-3)12-17-13-19-16(14-20(17)23)9-8-10-21(19)25/h8-10,17-18,20,25H,5-7,11-15H2,1-4H3. The molecular formula is C21H35N3O3S. The van der Waals surface area contributed by atoms with E-state index in [-0.39, 0.29) is 6.04 Å². The van der Waals surface area contributed by atoms with Crippen LogP contribution in [0.4, 0.5) is 0 Å². The van der Waals surface area contributed by atoms with Crippen molar-refractivity contribution < 1.29 is 13.5 Å². The largest absolute Gasteiger partial charge is 0.508 e. The Morgan fingerprint density at radius 1 is 1.18 bits per heavy atom. The average Bonchev–Trinajstić information content (AvgIpc) is 2.67. The lowest BCUT2D eigenvalue weighted by Crippen LogP contribution is -2.59. The monoisotopic (exact) mass is 409 g/mol. The Kier molecular flexibility index (Phi) is 6.69. The molecule has 1 aromatic carbocycles. The van der Waals surface area contributed by atoms with Crippen LogP contribution in [-0.2, 0) is 23.1 Å². The van der Waals surface area contributed by atoms with Crippen molar-refractivity contribution in [3.8, 4) is 5.75 Å². The van der Waals surface area contributed by atoms with Crippen molar-refractivity contribution in [2.45, 2.75) is 58.5 Å². The van der Waals surface area contributed by atoms with Gasteiger partial charge < -0.3 is 5.11 Å². The van der Waals surface area contributed by atoms with E-state index in [0.29, 0.717) is 30.8 Å². The fraction of sp³-hybridized carbons (Fsp3) is 0.714. The van der Waals surface area contributed by atoms with Gasteiger partial charge in [-0.1, -0.05) is 32.9 Å². The molecule has 3 unspecified atom stereocenters. The van der Waals surface area contributed by atoms with E-state index in [9.17, 15) is 13.5 Å². The molecule has 1 heterocycles. The molecule has 1 N–H and O–H groups in total. The quantitative estimate of drug-likeness (QED) is 0.751. The molecule has 0 bridgehead atoms. The maximum absolute atomic E-state index is 13.1. The molecule has 0 amide bonds. The highest BCUT2D eigenvalue weighted by atomic mass is 32.2. The molecule has 1 saturated heterocycles. The molecule has 1 aromatic rings. The molecule has 7 heteroatoms. The smallest absolute Gasteiger partial charge is 0.281 e. The second-order valence-corrected chi connectivity index (χ2v) is 10.1. The van der Waals surface area contributed by atoms with Crippen LogP contribution in [0.15, 0.2) is 18.2 Å². The number of hydrogen-bond acceptors (Lipinski definition) is 4. The zero-order valence-electron chi connectivity index (χ0n) is 17.6. The third-order valence-corrected chi connectivity index (χ3v) is 8.79. The molecule has 2 aliphatic rings. The Hall–Kier alpha value is -1.15. The van der Waals surface area contributed by atoms with Gasteiger partial charge in [0.2, 0.25) is 0 Å².